The second kappa shape index (κ2) is 5.16. The van der Waals surface area contributed by atoms with Crippen LogP contribution in [-0.4, -0.2) is 15.8 Å². The van der Waals surface area contributed by atoms with Crippen molar-refractivity contribution in [1.82, 2.24) is 9.97 Å². The Balaban J connectivity index is 2.55. The van der Waals surface area contributed by atoms with E-state index in [1.54, 1.807) is 24.5 Å². The molecule has 0 saturated heterocycles. The van der Waals surface area contributed by atoms with Crippen molar-refractivity contribution in [3.05, 3.63) is 50.3 Å². The molecule has 0 aromatic carbocycles. The maximum atomic E-state index is 12.4. The molecule has 6 heteroatoms. The van der Waals surface area contributed by atoms with Gasteiger partial charge in [-0.2, -0.15) is 0 Å². The van der Waals surface area contributed by atoms with Crippen molar-refractivity contribution >= 4 is 43.5 Å². The summed E-state index contributed by atoms with van der Waals surface area (Å²) >= 11 is 6.61. The first-order chi connectivity index (χ1) is 8.50. The van der Waals surface area contributed by atoms with Crippen LogP contribution in [0.2, 0.25) is 0 Å². The van der Waals surface area contributed by atoms with Gasteiger partial charge in [0.15, 0.2) is 0 Å². The first-order valence-corrected chi connectivity index (χ1v) is 6.66. The molecule has 0 bridgehead atoms. The van der Waals surface area contributed by atoms with Gasteiger partial charge in [-0.15, -0.1) is 0 Å². The fourth-order valence-corrected chi connectivity index (χ4v) is 2.74. The van der Waals surface area contributed by atoms with Crippen LogP contribution in [0.5, 0.6) is 0 Å². The molecule has 4 nitrogen and oxygen atoms in total. The van der Waals surface area contributed by atoms with E-state index < -0.39 is 0 Å². The van der Waals surface area contributed by atoms with Gasteiger partial charge in [-0.25, -0.2) is 4.98 Å². The van der Waals surface area contributed by atoms with E-state index in [1.807, 2.05) is 6.92 Å². The SMILES string of the molecule is Cc1ccnc(N)c1C(=O)c1ncc(Br)cc1Br. The zero-order chi connectivity index (χ0) is 13.3. The molecule has 2 rings (SSSR count). The Kier molecular flexibility index (Phi) is 3.77. The summed E-state index contributed by atoms with van der Waals surface area (Å²) in [7, 11) is 0. The van der Waals surface area contributed by atoms with Gasteiger partial charge in [0.25, 0.3) is 0 Å². The summed E-state index contributed by atoms with van der Waals surface area (Å²) in [5.41, 5.74) is 7.25. The molecular weight excluding hydrogens is 362 g/mol. The minimum Gasteiger partial charge on any atom is -0.383 e. The zero-order valence-corrected chi connectivity index (χ0v) is 12.6. The minimum absolute atomic E-state index is 0.219. The molecule has 0 aliphatic rings. The Morgan fingerprint density at radius 2 is 2.06 bits per heavy atom. The van der Waals surface area contributed by atoms with Crippen LogP contribution in [0.15, 0.2) is 33.5 Å². The fourth-order valence-electron chi connectivity index (χ4n) is 1.57. The number of anilines is 1. The lowest BCUT2D eigenvalue weighted by Crippen LogP contribution is -2.11. The number of aryl methyl sites for hydroxylation is 1. The highest BCUT2D eigenvalue weighted by Crippen LogP contribution is 2.24. The van der Waals surface area contributed by atoms with Crippen molar-refractivity contribution in [3.8, 4) is 0 Å². The molecule has 0 amide bonds. The number of aromatic nitrogens is 2. The fraction of sp³-hybridized carbons (Fsp3) is 0.0833. The van der Waals surface area contributed by atoms with Crippen LogP contribution in [0.3, 0.4) is 0 Å². The molecule has 0 unspecified atom stereocenters. The Labute approximate surface area is 121 Å². The number of halogens is 2. The number of nitrogen functional groups attached to an aromatic ring is 1. The zero-order valence-electron chi connectivity index (χ0n) is 9.45. The van der Waals surface area contributed by atoms with Gasteiger partial charge in [-0.1, -0.05) is 0 Å². The Hall–Kier alpha value is -1.27. The van der Waals surface area contributed by atoms with E-state index in [0.29, 0.717) is 15.7 Å². The van der Waals surface area contributed by atoms with E-state index >= 15 is 0 Å². The molecule has 18 heavy (non-hydrogen) atoms. The number of carbonyl (C=O) groups is 1. The maximum Gasteiger partial charge on any atom is 0.216 e. The predicted molar refractivity (Wildman–Crippen MR) is 76.5 cm³/mol. The number of nitrogens with two attached hydrogens (primary N) is 1. The molecule has 2 N–H and O–H groups in total. The molecule has 2 aromatic rings. The lowest BCUT2D eigenvalue weighted by Gasteiger charge is -2.08. The van der Waals surface area contributed by atoms with Crippen molar-refractivity contribution in [3.63, 3.8) is 0 Å². The second-order valence-electron chi connectivity index (χ2n) is 3.70. The van der Waals surface area contributed by atoms with Gasteiger partial charge in [-0.05, 0) is 56.5 Å². The maximum absolute atomic E-state index is 12.4. The third kappa shape index (κ3) is 2.44. The van der Waals surface area contributed by atoms with Gasteiger partial charge >= 0.3 is 0 Å². The van der Waals surface area contributed by atoms with E-state index in [9.17, 15) is 4.79 Å². The van der Waals surface area contributed by atoms with Gasteiger partial charge in [-0.3, -0.25) is 9.78 Å². The first kappa shape index (κ1) is 13.2. The quantitative estimate of drug-likeness (QED) is 0.824. The molecule has 0 fully saturated rings. The third-order valence-electron chi connectivity index (χ3n) is 2.44. The molecule has 0 atom stereocenters. The summed E-state index contributed by atoms with van der Waals surface area (Å²) < 4.78 is 1.41. The molecule has 92 valence electrons. The highest BCUT2D eigenvalue weighted by molar-refractivity contribution is 9.11. The monoisotopic (exact) mass is 369 g/mol. The van der Waals surface area contributed by atoms with Crippen LogP contribution in [-0.2, 0) is 0 Å². The molecule has 0 saturated carbocycles. The molecule has 0 aliphatic carbocycles. The molecule has 2 aromatic heterocycles. The number of nitrogens with zero attached hydrogens (tertiary/aromatic N) is 2. The third-order valence-corrected chi connectivity index (χ3v) is 3.48. The average molecular weight is 371 g/mol. The van der Waals surface area contributed by atoms with E-state index in [2.05, 4.69) is 41.8 Å². The van der Waals surface area contributed by atoms with Crippen LogP contribution in [0.1, 0.15) is 21.6 Å². The van der Waals surface area contributed by atoms with Gasteiger partial charge in [0.2, 0.25) is 5.78 Å². The van der Waals surface area contributed by atoms with E-state index in [0.717, 1.165) is 10.0 Å². The number of ketones is 1. The largest absolute Gasteiger partial charge is 0.383 e. The molecule has 2 heterocycles. The number of hydrogen-bond acceptors (Lipinski definition) is 4. The number of pyridine rings is 2. The van der Waals surface area contributed by atoms with Gasteiger partial charge in [0.1, 0.15) is 11.5 Å². The lowest BCUT2D eigenvalue weighted by molar-refractivity contribution is 0.103. The van der Waals surface area contributed by atoms with Crippen molar-refractivity contribution in [2.45, 2.75) is 6.92 Å². The van der Waals surface area contributed by atoms with E-state index in [1.165, 1.54) is 0 Å². The Morgan fingerprint density at radius 1 is 1.33 bits per heavy atom. The normalized spacial score (nSPS) is 10.4. The van der Waals surface area contributed by atoms with Crippen LogP contribution in [0, 0.1) is 6.92 Å². The number of hydrogen-bond donors (Lipinski definition) is 1. The first-order valence-electron chi connectivity index (χ1n) is 5.07. The van der Waals surface area contributed by atoms with E-state index in [-0.39, 0.29) is 11.6 Å². The highest BCUT2D eigenvalue weighted by atomic mass is 79.9. The lowest BCUT2D eigenvalue weighted by atomic mass is 10.0. The standard InChI is InChI=1S/C12H9Br2N3O/c1-6-2-3-16-12(15)9(6)11(18)10-8(14)4-7(13)5-17-10/h2-5H,1H3,(H2,15,16). The number of rotatable bonds is 2. The summed E-state index contributed by atoms with van der Waals surface area (Å²) in [6.07, 6.45) is 3.14. The van der Waals surface area contributed by atoms with Crippen LogP contribution >= 0.6 is 31.9 Å². The van der Waals surface area contributed by atoms with Crippen molar-refractivity contribution < 1.29 is 4.79 Å². The van der Waals surface area contributed by atoms with Gasteiger partial charge in [0, 0.05) is 21.3 Å². The van der Waals surface area contributed by atoms with E-state index in [4.69, 9.17) is 5.73 Å². The van der Waals surface area contributed by atoms with Gasteiger partial charge in [0.05, 0.1) is 5.56 Å². The summed E-state index contributed by atoms with van der Waals surface area (Å²) in [5, 5.41) is 0. The molecule has 0 aliphatic heterocycles. The summed E-state index contributed by atoms with van der Waals surface area (Å²) in [5.74, 6) is -0.0194. The summed E-state index contributed by atoms with van der Waals surface area (Å²) in [6.45, 7) is 1.82. The van der Waals surface area contributed by atoms with Crippen LogP contribution < -0.4 is 5.73 Å². The van der Waals surface area contributed by atoms with Crippen molar-refractivity contribution in [1.29, 1.82) is 0 Å². The second-order valence-corrected chi connectivity index (χ2v) is 5.47. The molecule has 0 spiro atoms. The predicted octanol–water partition coefficient (Wildman–Crippen LogP) is 3.12. The van der Waals surface area contributed by atoms with Gasteiger partial charge < -0.3 is 5.73 Å². The summed E-state index contributed by atoms with van der Waals surface area (Å²) in [6, 6.07) is 3.51. The van der Waals surface area contributed by atoms with Crippen LogP contribution in [0.4, 0.5) is 5.82 Å². The van der Waals surface area contributed by atoms with Crippen LogP contribution in [0.25, 0.3) is 0 Å². The topological polar surface area (TPSA) is 68.9 Å². The molecular formula is C12H9Br2N3O. The summed E-state index contributed by atoms with van der Waals surface area (Å²) in [4.78, 5) is 20.4. The Morgan fingerprint density at radius 3 is 2.67 bits per heavy atom. The number of carbonyl (C=O) groups excluding carboxylic acids is 1. The highest BCUT2D eigenvalue weighted by Gasteiger charge is 2.19. The molecule has 0 radical (unpaired) electrons. The Bertz CT molecular complexity index is 608. The van der Waals surface area contributed by atoms with Crippen molar-refractivity contribution in [2.24, 2.45) is 0 Å². The average Bonchev–Trinajstić information content (AvgIpc) is 2.28. The van der Waals surface area contributed by atoms with Crippen molar-refractivity contribution in [2.75, 3.05) is 5.73 Å². The minimum atomic E-state index is -0.238. The smallest absolute Gasteiger partial charge is 0.216 e.